The lowest BCUT2D eigenvalue weighted by Crippen LogP contribution is -2.54. The number of aliphatic hydroxyl groups is 1. The van der Waals surface area contributed by atoms with Crippen LogP contribution in [-0.2, 0) is 11.2 Å². The molecule has 2 aromatic carbocycles. The third-order valence-corrected chi connectivity index (χ3v) is 3.90. The molecule has 0 saturated carbocycles. The molecule has 0 aliphatic carbocycles. The SMILES string of the molecule is C[C@@H](O)[C@H](NC(=O)NCCc1cccc(-c2ccccc2)c1)C(=O)NO. The highest BCUT2D eigenvalue weighted by Gasteiger charge is 2.25. The van der Waals surface area contributed by atoms with Gasteiger partial charge >= 0.3 is 6.03 Å². The monoisotopic (exact) mass is 357 g/mol. The zero-order valence-electron chi connectivity index (χ0n) is 14.5. The number of benzene rings is 2. The van der Waals surface area contributed by atoms with Crippen molar-refractivity contribution in [2.24, 2.45) is 0 Å². The topological polar surface area (TPSA) is 111 Å². The van der Waals surface area contributed by atoms with Gasteiger partial charge in [0.05, 0.1) is 6.10 Å². The Morgan fingerprint density at radius 2 is 1.73 bits per heavy atom. The van der Waals surface area contributed by atoms with Gasteiger partial charge in [-0.25, -0.2) is 10.3 Å². The van der Waals surface area contributed by atoms with E-state index in [0.29, 0.717) is 13.0 Å². The van der Waals surface area contributed by atoms with E-state index < -0.39 is 24.1 Å². The van der Waals surface area contributed by atoms with Gasteiger partial charge in [-0.2, -0.15) is 0 Å². The van der Waals surface area contributed by atoms with Gasteiger partial charge in [0.1, 0.15) is 6.04 Å². The molecule has 0 aliphatic heterocycles. The number of nitrogens with one attached hydrogen (secondary N) is 3. The summed E-state index contributed by atoms with van der Waals surface area (Å²) in [5, 5.41) is 23.1. The highest BCUT2D eigenvalue weighted by molar-refractivity contribution is 5.86. The Balaban J connectivity index is 1.88. The molecule has 138 valence electrons. The van der Waals surface area contributed by atoms with Gasteiger partial charge in [0, 0.05) is 6.54 Å². The van der Waals surface area contributed by atoms with Crippen LogP contribution in [0.4, 0.5) is 4.79 Å². The molecule has 0 aromatic heterocycles. The number of carbonyl (C=O) groups excluding carboxylic acids is 2. The molecule has 0 spiro atoms. The normalized spacial score (nSPS) is 12.7. The van der Waals surface area contributed by atoms with E-state index in [1.807, 2.05) is 48.5 Å². The number of rotatable bonds is 7. The Morgan fingerprint density at radius 3 is 2.38 bits per heavy atom. The van der Waals surface area contributed by atoms with E-state index in [4.69, 9.17) is 5.21 Å². The van der Waals surface area contributed by atoms with Crippen LogP contribution in [0.25, 0.3) is 11.1 Å². The van der Waals surface area contributed by atoms with Crippen LogP contribution in [0, 0.1) is 0 Å². The zero-order valence-corrected chi connectivity index (χ0v) is 14.5. The molecule has 2 atom stereocenters. The van der Waals surface area contributed by atoms with Crippen LogP contribution < -0.4 is 16.1 Å². The number of aliphatic hydroxyl groups excluding tert-OH is 1. The number of carbonyl (C=O) groups is 2. The van der Waals surface area contributed by atoms with Crippen LogP contribution in [0.15, 0.2) is 54.6 Å². The second-order valence-electron chi connectivity index (χ2n) is 5.91. The van der Waals surface area contributed by atoms with Gasteiger partial charge in [-0.05, 0) is 30.0 Å². The molecular formula is C19H23N3O4. The maximum Gasteiger partial charge on any atom is 0.315 e. The minimum absolute atomic E-state index is 0.358. The molecular weight excluding hydrogens is 334 g/mol. The number of amides is 3. The second-order valence-corrected chi connectivity index (χ2v) is 5.91. The molecule has 7 nitrogen and oxygen atoms in total. The fourth-order valence-electron chi connectivity index (χ4n) is 2.52. The third-order valence-electron chi connectivity index (χ3n) is 3.90. The van der Waals surface area contributed by atoms with Crippen LogP contribution in [0.5, 0.6) is 0 Å². The molecule has 7 heteroatoms. The summed E-state index contributed by atoms with van der Waals surface area (Å²) in [6.07, 6.45) is -0.532. The van der Waals surface area contributed by atoms with Crippen molar-refractivity contribution in [3.8, 4) is 11.1 Å². The Bertz CT molecular complexity index is 735. The van der Waals surface area contributed by atoms with E-state index in [0.717, 1.165) is 16.7 Å². The molecule has 2 aromatic rings. The van der Waals surface area contributed by atoms with Gasteiger partial charge in [0.15, 0.2) is 0 Å². The Morgan fingerprint density at radius 1 is 1.04 bits per heavy atom. The first-order chi connectivity index (χ1) is 12.5. The summed E-state index contributed by atoms with van der Waals surface area (Å²) in [6, 6.07) is 16.2. The Hall–Kier alpha value is -2.90. The van der Waals surface area contributed by atoms with Gasteiger partial charge in [-0.3, -0.25) is 10.0 Å². The number of hydroxylamine groups is 1. The quantitative estimate of drug-likeness (QED) is 0.381. The Labute approximate surface area is 152 Å². The fourth-order valence-corrected chi connectivity index (χ4v) is 2.52. The van der Waals surface area contributed by atoms with Crippen molar-refractivity contribution in [2.45, 2.75) is 25.5 Å². The van der Waals surface area contributed by atoms with Crippen molar-refractivity contribution in [1.82, 2.24) is 16.1 Å². The van der Waals surface area contributed by atoms with E-state index >= 15 is 0 Å². The highest BCUT2D eigenvalue weighted by Crippen LogP contribution is 2.20. The number of urea groups is 1. The smallest absolute Gasteiger partial charge is 0.315 e. The maximum atomic E-state index is 11.9. The summed E-state index contributed by atoms with van der Waals surface area (Å²) in [4.78, 5) is 23.3. The predicted molar refractivity (Wildman–Crippen MR) is 97.5 cm³/mol. The lowest BCUT2D eigenvalue weighted by atomic mass is 10.0. The van der Waals surface area contributed by atoms with Gasteiger partial charge in [0.2, 0.25) is 0 Å². The first-order valence-electron chi connectivity index (χ1n) is 8.32. The first-order valence-corrected chi connectivity index (χ1v) is 8.32. The lowest BCUT2D eigenvalue weighted by molar-refractivity contribution is -0.133. The van der Waals surface area contributed by atoms with Crippen LogP contribution in [-0.4, -0.2) is 40.9 Å². The van der Waals surface area contributed by atoms with Crippen LogP contribution in [0.1, 0.15) is 12.5 Å². The summed E-state index contributed by atoms with van der Waals surface area (Å²) in [7, 11) is 0. The minimum Gasteiger partial charge on any atom is -0.391 e. The van der Waals surface area contributed by atoms with Gasteiger partial charge < -0.3 is 15.7 Å². The number of hydrogen-bond donors (Lipinski definition) is 5. The van der Waals surface area contributed by atoms with Crippen molar-refractivity contribution in [1.29, 1.82) is 0 Å². The van der Waals surface area contributed by atoms with Gasteiger partial charge in [-0.1, -0.05) is 54.6 Å². The summed E-state index contributed by atoms with van der Waals surface area (Å²) in [5.74, 6) is -0.884. The van der Waals surface area contributed by atoms with Crippen LogP contribution in [0.3, 0.4) is 0 Å². The predicted octanol–water partition coefficient (Wildman–Crippen LogP) is 1.45. The van der Waals surface area contributed by atoms with Crippen molar-refractivity contribution < 1.29 is 19.9 Å². The molecule has 0 unspecified atom stereocenters. The van der Waals surface area contributed by atoms with Gasteiger partial charge in [-0.15, -0.1) is 0 Å². The van der Waals surface area contributed by atoms with Crippen LogP contribution in [0.2, 0.25) is 0 Å². The van der Waals surface area contributed by atoms with Crippen molar-refractivity contribution >= 4 is 11.9 Å². The van der Waals surface area contributed by atoms with Crippen molar-refractivity contribution in [3.05, 3.63) is 60.2 Å². The largest absolute Gasteiger partial charge is 0.391 e. The molecule has 5 N–H and O–H groups in total. The minimum atomic E-state index is -1.23. The summed E-state index contributed by atoms with van der Waals surface area (Å²) in [6.45, 7) is 1.70. The van der Waals surface area contributed by atoms with E-state index in [2.05, 4.69) is 16.7 Å². The molecule has 0 aliphatic rings. The second kappa shape index (κ2) is 9.55. The van der Waals surface area contributed by atoms with E-state index in [1.54, 1.807) is 0 Å². The zero-order chi connectivity index (χ0) is 18.9. The first kappa shape index (κ1) is 19.4. The van der Waals surface area contributed by atoms with E-state index in [1.165, 1.54) is 12.4 Å². The molecule has 0 fully saturated rings. The Kier molecular flexibility index (Phi) is 7.13. The molecule has 2 rings (SSSR count). The third kappa shape index (κ3) is 5.58. The van der Waals surface area contributed by atoms with Gasteiger partial charge in [0.25, 0.3) is 5.91 Å². The average Bonchev–Trinajstić information content (AvgIpc) is 2.66. The van der Waals surface area contributed by atoms with Crippen LogP contribution >= 0.6 is 0 Å². The molecule has 0 heterocycles. The average molecular weight is 357 g/mol. The van der Waals surface area contributed by atoms with E-state index in [-0.39, 0.29) is 0 Å². The van der Waals surface area contributed by atoms with Crippen molar-refractivity contribution in [3.63, 3.8) is 0 Å². The molecule has 0 saturated heterocycles. The fraction of sp³-hybridized carbons (Fsp3) is 0.263. The maximum absolute atomic E-state index is 11.9. The highest BCUT2D eigenvalue weighted by atomic mass is 16.5. The molecule has 3 amide bonds. The summed E-state index contributed by atoms with van der Waals surface area (Å²) in [5.41, 5.74) is 4.69. The molecule has 0 radical (unpaired) electrons. The standard InChI is InChI=1S/C19H23N3O4/c1-13(23)17(18(24)22-26)21-19(25)20-11-10-14-6-5-9-16(12-14)15-7-3-2-4-8-15/h2-9,12-13,17,23,26H,10-11H2,1H3,(H,22,24)(H2,20,21,25)/t13-,17+/m1/s1. The summed E-state index contributed by atoms with van der Waals surface area (Å²) < 4.78 is 0. The molecule has 26 heavy (non-hydrogen) atoms. The number of hydrogen-bond acceptors (Lipinski definition) is 4. The summed E-state index contributed by atoms with van der Waals surface area (Å²) >= 11 is 0. The lowest BCUT2D eigenvalue weighted by Gasteiger charge is -2.19. The molecule has 0 bridgehead atoms. The van der Waals surface area contributed by atoms with Crippen molar-refractivity contribution in [2.75, 3.05) is 6.54 Å². The van der Waals surface area contributed by atoms with E-state index in [9.17, 15) is 14.7 Å².